The predicted octanol–water partition coefficient (Wildman–Crippen LogP) is 1.21. The molecule has 150 valence electrons. The SMILES string of the molecule is COCc1nc(OC)c2c(C)c(C(=O)NCCN3CCNCC3)sc2n1.Cl. The van der Waals surface area contributed by atoms with Gasteiger partial charge in [0.15, 0.2) is 5.82 Å². The third-order valence-corrected chi connectivity index (χ3v) is 5.58. The Morgan fingerprint density at radius 2 is 2.04 bits per heavy atom. The van der Waals surface area contributed by atoms with Gasteiger partial charge in [-0.1, -0.05) is 0 Å². The highest BCUT2D eigenvalue weighted by atomic mass is 35.5. The molecule has 0 radical (unpaired) electrons. The highest BCUT2D eigenvalue weighted by molar-refractivity contribution is 7.20. The zero-order valence-corrected chi connectivity index (χ0v) is 17.5. The molecule has 1 amide bonds. The average Bonchev–Trinajstić information content (AvgIpc) is 2.99. The van der Waals surface area contributed by atoms with Crippen LogP contribution in [0, 0.1) is 6.92 Å². The summed E-state index contributed by atoms with van der Waals surface area (Å²) in [5.41, 5.74) is 0.852. The lowest BCUT2D eigenvalue weighted by Gasteiger charge is -2.27. The summed E-state index contributed by atoms with van der Waals surface area (Å²) >= 11 is 1.37. The quantitative estimate of drug-likeness (QED) is 0.702. The van der Waals surface area contributed by atoms with Crippen molar-refractivity contribution in [1.82, 2.24) is 25.5 Å². The maximum absolute atomic E-state index is 12.6. The summed E-state index contributed by atoms with van der Waals surface area (Å²) in [6.45, 7) is 7.75. The molecule has 1 saturated heterocycles. The number of fused-ring (bicyclic) bond motifs is 1. The van der Waals surface area contributed by atoms with Crippen molar-refractivity contribution in [1.29, 1.82) is 0 Å². The number of piperazine rings is 1. The van der Waals surface area contributed by atoms with E-state index in [1.807, 2.05) is 6.92 Å². The first-order chi connectivity index (χ1) is 12.6. The van der Waals surface area contributed by atoms with Crippen molar-refractivity contribution in [2.75, 3.05) is 53.5 Å². The average molecular weight is 416 g/mol. The third-order valence-electron chi connectivity index (χ3n) is 4.40. The first-order valence-electron chi connectivity index (χ1n) is 8.68. The number of halogens is 1. The fourth-order valence-corrected chi connectivity index (χ4v) is 4.15. The Kier molecular flexibility index (Phi) is 8.18. The van der Waals surface area contributed by atoms with Crippen molar-refractivity contribution < 1.29 is 14.3 Å². The van der Waals surface area contributed by atoms with E-state index in [1.165, 1.54) is 11.3 Å². The van der Waals surface area contributed by atoms with Crippen LogP contribution in [0.1, 0.15) is 21.1 Å². The van der Waals surface area contributed by atoms with Crippen LogP contribution in [0.15, 0.2) is 0 Å². The number of amides is 1. The molecule has 0 saturated carbocycles. The van der Waals surface area contributed by atoms with E-state index >= 15 is 0 Å². The van der Waals surface area contributed by atoms with Crippen molar-refractivity contribution in [3.8, 4) is 5.88 Å². The number of rotatable bonds is 7. The number of ether oxygens (including phenoxy) is 2. The van der Waals surface area contributed by atoms with E-state index in [0.717, 1.165) is 48.5 Å². The Morgan fingerprint density at radius 3 is 2.70 bits per heavy atom. The van der Waals surface area contributed by atoms with Crippen LogP contribution in [0.25, 0.3) is 10.2 Å². The zero-order chi connectivity index (χ0) is 18.5. The van der Waals surface area contributed by atoms with E-state index in [4.69, 9.17) is 9.47 Å². The number of hydrogen-bond donors (Lipinski definition) is 2. The van der Waals surface area contributed by atoms with Crippen molar-refractivity contribution in [2.24, 2.45) is 0 Å². The van der Waals surface area contributed by atoms with Gasteiger partial charge in [-0.05, 0) is 12.5 Å². The number of nitrogens with one attached hydrogen (secondary N) is 2. The molecule has 1 aliphatic heterocycles. The Bertz CT molecular complexity index is 780. The molecule has 1 fully saturated rings. The molecule has 8 nitrogen and oxygen atoms in total. The lowest BCUT2D eigenvalue weighted by Crippen LogP contribution is -2.46. The van der Waals surface area contributed by atoms with E-state index in [1.54, 1.807) is 14.2 Å². The summed E-state index contributed by atoms with van der Waals surface area (Å²) in [4.78, 5) is 25.3. The normalized spacial score (nSPS) is 14.8. The summed E-state index contributed by atoms with van der Waals surface area (Å²) in [5.74, 6) is 0.954. The van der Waals surface area contributed by atoms with Gasteiger partial charge in [0.05, 0.1) is 17.4 Å². The minimum absolute atomic E-state index is 0. The Labute approximate surface area is 169 Å². The van der Waals surface area contributed by atoms with Crippen LogP contribution in [0.5, 0.6) is 5.88 Å². The monoisotopic (exact) mass is 415 g/mol. The van der Waals surface area contributed by atoms with Crippen LogP contribution >= 0.6 is 23.7 Å². The van der Waals surface area contributed by atoms with Gasteiger partial charge in [-0.25, -0.2) is 4.98 Å². The summed E-state index contributed by atoms with van der Waals surface area (Å²) in [6, 6.07) is 0. The standard InChI is InChI=1S/C17H25N5O3S.ClH/c1-11-13-16(25-3)20-12(10-24-2)21-17(13)26-14(11)15(23)19-6-9-22-7-4-18-5-8-22;/h18H,4-10H2,1-3H3,(H,19,23);1H. The molecule has 1 aliphatic rings. The molecule has 27 heavy (non-hydrogen) atoms. The van der Waals surface area contributed by atoms with E-state index in [0.29, 0.717) is 29.7 Å². The van der Waals surface area contributed by atoms with Crippen molar-refractivity contribution >= 4 is 39.9 Å². The highest BCUT2D eigenvalue weighted by Crippen LogP contribution is 2.34. The molecule has 0 aromatic carbocycles. The van der Waals surface area contributed by atoms with E-state index in [2.05, 4.69) is 25.5 Å². The van der Waals surface area contributed by atoms with Gasteiger partial charge in [-0.3, -0.25) is 9.69 Å². The fraction of sp³-hybridized carbons (Fsp3) is 0.588. The molecule has 2 aromatic rings. The Hall–Kier alpha value is -1.52. The van der Waals surface area contributed by atoms with Gasteiger partial charge in [-0.15, -0.1) is 23.7 Å². The van der Waals surface area contributed by atoms with Gasteiger partial charge in [0.1, 0.15) is 11.4 Å². The lowest BCUT2D eigenvalue weighted by molar-refractivity contribution is 0.0951. The van der Waals surface area contributed by atoms with Crippen molar-refractivity contribution in [3.05, 3.63) is 16.3 Å². The van der Waals surface area contributed by atoms with E-state index in [-0.39, 0.29) is 18.3 Å². The highest BCUT2D eigenvalue weighted by Gasteiger charge is 2.21. The van der Waals surface area contributed by atoms with Crippen molar-refractivity contribution in [3.63, 3.8) is 0 Å². The lowest BCUT2D eigenvalue weighted by atomic mass is 10.2. The molecule has 10 heteroatoms. The van der Waals surface area contributed by atoms with Crippen LogP contribution < -0.4 is 15.4 Å². The number of carbonyl (C=O) groups is 1. The van der Waals surface area contributed by atoms with Gasteiger partial charge >= 0.3 is 0 Å². The topological polar surface area (TPSA) is 88.6 Å². The number of carbonyl (C=O) groups excluding carboxylic acids is 1. The summed E-state index contributed by atoms with van der Waals surface area (Å²) < 4.78 is 10.5. The minimum Gasteiger partial charge on any atom is -0.480 e. The number of nitrogens with zero attached hydrogens (tertiary/aromatic N) is 3. The van der Waals surface area contributed by atoms with Crippen LogP contribution in [-0.4, -0.2) is 74.3 Å². The molecule has 0 bridgehead atoms. The summed E-state index contributed by atoms with van der Waals surface area (Å²) in [6.07, 6.45) is 0. The molecular formula is C17H26ClN5O3S. The van der Waals surface area contributed by atoms with E-state index in [9.17, 15) is 4.79 Å². The van der Waals surface area contributed by atoms with Gasteiger partial charge in [0.25, 0.3) is 5.91 Å². The molecule has 3 rings (SSSR count). The number of hydrogen-bond acceptors (Lipinski definition) is 8. The summed E-state index contributed by atoms with van der Waals surface area (Å²) in [5, 5.41) is 7.14. The van der Waals surface area contributed by atoms with Gasteiger partial charge in [-0.2, -0.15) is 4.98 Å². The Balaban J connectivity index is 0.00000261. The van der Waals surface area contributed by atoms with Gasteiger partial charge in [0, 0.05) is 46.4 Å². The smallest absolute Gasteiger partial charge is 0.261 e. The summed E-state index contributed by atoms with van der Waals surface area (Å²) in [7, 11) is 3.17. The first kappa shape index (κ1) is 21.8. The maximum atomic E-state index is 12.6. The largest absolute Gasteiger partial charge is 0.480 e. The second-order valence-corrected chi connectivity index (χ2v) is 7.17. The molecule has 2 aromatic heterocycles. The number of methoxy groups -OCH3 is 2. The van der Waals surface area contributed by atoms with Crippen molar-refractivity contribution in [2.45, 2.75) is 13.5 Å². The third kappa shape index (κ3) is 5.05. The van der Waals surface area contributed by atoms with Crippen LogP contribution in [0.3, 0.4) is 0 Å². The van der Waals surface area contributed by atoms with E-state index < -0.39 is 0 Å². The minimum atomic E-state index is -0.0732. The van der Waals surface area contributed by atoms with Crippen LogP contribution in [0.4, 0.5) is 0 Å². The molecule has 0 aliphatic carbocycles. The Morgan fingerprint density at radius 1 is 1.30 bits per heavy atom. The van der Waals surface area contributed by atoms with Gasteiger partial charge < -0.3 is 20.1 Å². The first-order valence-corrected chi connectivity index (χ1v) is 9.50. The second kappa shape index (κ2) is 10.1. The number of aromatic nitrogens is 2. The van der Waals surface area contributed by atoms with Gasteiger partial charge in [0.2, 0.25) is 5.88 Å². The molecule has 0 spiro atoms. The zero-order valence-electron chi connectivity index (χ0n) is 15.8. The van der Waals surface area contributed by atoms with Crippen LogP contribution in [-0.2, 0) is 11.3 Å². The predicted molar refractivity (Wildman–Crippen MR) is 108 cm³/mol. The molecule has 0 atom stereocenters. The van der Waals surface area contributed by atoms with Crippen LogP contribution in [0.2, 0.25) is 0 Å². The molecular weight excluding hydrogens is 390 g/mol. The second-order valence-electron chi connectivity index (χ2n) is 6.17. The molecule has 2 N–H and O–H groups in total. The molecule has 3 heterocycles. The number of thiophene rings is 1. The molecule has 0 unspecified atom stereocenters. The fourth-order valence-electron chi connectivity index (χ4n) is 3.04. The number of aryl methyl sites for hydroxylation is 1. The maximum Gasteiger partial charge on any atom is 0.261 e.